The summed E-state index contributed by atoms with van der Waals surface area (Å²) >= 11 is 0. The van der Waals surface area contributed by atoms with E-state index >= 15 is 0 Å². The van der Waals surface area contributed by atoms with Gasteiger partial charge in [-0.15, -0.1) is 0 Å². The number of carbonyl (C=O) groups is 2. The molecule has 0 saturated carbocycles. The van der Waals surface area contributed by atoms with Crippen molar-refractivity contribution in [2.45, 2.75) is 19.6 Å². The summed E-state index contributed by atoms with van der Waals surface area (Å²) in [5, 5.41) is 12.3. The van der Waals surface area contributed by atoms with Crippen LogP contribution in [0.1, 0.15) is 28.6 Å². The standard InChI is InChI=1S/C21H18N2O5/c1-13(20(24)23-15-7-5-6-14(10-15)11-22)27-21(25)19-17(12-26-2)16-8-3-4-9-18(16)28-19/h3-10,13H,12H2,1-2H3,(H,23,24)/t13-/m0/s1. The van der Waals surface area contributed by atoms with E-state index in [0.29, 0.717) is 22.4 Å². The van der Waals surface area contributed by atoms with Gasteiger partial charge in [0.25, 0.3) is 5.91 Å². The van der Waals surface area contributed by atoms with Crippen molar-refractivity contribution in [3.63, 3.8) is 0 Å². The summed E-state index contributed by atoms with van der Waals surface area (Å²) in [6.45, 7) is 1.63. The summed E-state index contributed by atoms with van der Waals surface area (Å²) in [6, 6.07) is 15.6. The first-order chi connectivity index (χ1) is 13.5. The molecule has 2 aromatic carbocycles. The van der Waals surface area contributed by atoms with E-state index in [4.69, 9.17) is 19.2 Å². The largest absolute Gasteiger partial charge is 0.449 e. The highest BCUT2D eigenvalue weighted by molar-refractivity contribution is 5.99. The molecule has 1 N–H and O–H groups in total. The van der Waals surface area contributed by atoms with Gasteiger partial charge in [-0.2, -0.15) is 5.26 Å². The van der Waals surface area contributed by atoms with E-state index in [1.54, 1.807) is 30.3 Å². The number of nitrogens with zero attached hydrogens (tertiary/aromatic N) is 1. The van der Waals surface area contributed by atoms with Crippen LogP contribution in [0.2, 0.25) is 0 Å². The summed E-state index contributed by atoms with van der Waals surface area (Å²) in [4.78, 5) is 24.9. The Kier molecular flexibility index (Phi) is 5.72. The molecule has 0 aliphatic carbocycles. The van der Waals surface area contributed by atoms with Crippen LogP contribution in [0.25, 0.3) is 11.0 Å². The van der Waals surface area contributed by atoms with Crippen LogP contribution in [0.5, 0.6) is 0 Å². The maximum atomic E-state index is 12.6. The highest BCUT2D eigenvalue weighted by atomic mass is 16.6. The average Bonchev–Trinajstić information content (AvgIpc) is 3.07. The van der Waals surface area contributed by atoms with Crippen molar-refractivity contribution < 1.29 is 23.5 Å². The smallest absolute Gasteiger partial charge is 0.375 e. The Morgan fingerprint density at radius 1 is 1.21 bits per heavy atom. The minimum Gasteiger partial charge on any atom is -0.449 e. The molecule has 0 radical (unpaired) electrons. The van der Waals surface area contributed by atoms with E-state index in [2.05, 4.69) is 5.32 Å². The fraction of sp³-hybridized carbons (Fsp3) is 0.190. The van der Waals surface area contributed by atoms with Gasteiger partial charge in [0.05, 0.1) is 18.2 Å². The van der Waals surface area contributed by atoms with E-state index in [-0.39, 0.29) is 12.4 Å². The summed E-state index contributed by atoms with van der Waals surface area (Å²) in [5.41, 5.74) is 1.95. The molecule has 28 heavy (non-hydrogen) atoms. The summed E-state index contributed by atoms with van der Waals surface area (Å²) in [6.07, 6.45) is -1.07. The Bertz CT molecular complexity index is 1060. The molecule has 3 rings (SSSR count). The van der Waals surface area contributed by atoms with Gasteiger partial charge in [-0.3, -0.25) is 4.79 Å². The molecule has 7 heteroatoms. The van der Waals surface area contributed by atoms with Crippen LogP contribution >= 0.6 is 0 Å². The van der Waals surface area contributed by atoms with Crippen LogP contribution in [0.3, 0.4) is 0 Å². The minimum atomic E-state index is -1.07. The Morgan fingerprint density at radius 2 is 2.00 bits per heavy atom. The van der Waals surface area contributed by atoms with Gasteiger partial charge in [-0.1, -0.05) is 24.3 Å². The lowest BCUT2D eigenvalue weighted by Crippen LogP contribution is -2.30. The number of nitriles is 1. The predicted octanol–water partition coefficient (Wildman–Crippen LogP) is 3.63. The lowest BCUT2D eigenvalue weighted by molar-refractivity contribution is -0.123. The highest BCUT2D eigenvalue weighted by Gasteiger charge is 2.25. The summed E-state index contributed by atoms with van der Waals surface area (Å²) in [5.74, 6) is -1.27. The summed E-state index contributed by atoms with van der Waals surface area (Å²) < 4.78 is 16.1. The van der Waals surface area contributed by atoms with E-state index in [9.17, 15) is 9.59 Å². The van der Waals surface area contributed by atoms with Crippen LogP contribution in [0.15, 0.2) is 52.9 Å². The van der Waals surface area contributed by atoms with E-state index in [1.807, 2.05) is 18.2 Å². The number of ether oxygens (including phenoxy) is 2. The number of rotatable bonds is 6. The molecule has 0 saturated heterocycles. The first-order valence-electron chi connectivity index (χ1n) is 8.55. The Morgan fingerprint density at radius 3 is 2.75 bits per heavy atom. The number of anilines is 1. The number of hydrogen-bond donors (Lipinski definition) is 1. The quantitative estimate of drug-likeness (QED) is 0.657. The topological polar surface area (TPSA) is 102 Å². The number of para-hydroxylation sites is 1. The molecule has 7 nitrogen and oxygen atoms in total. The third-order valence-corrected chi connectivity index (χ3v) is 4.08. The van der Waals surface area contributed by atoms with Gasteiger partial charge in [-0.25, -0.2) is 4.79 Å². The molecule has 0 bridgehead atoms. The molecule has 3 aromatic rings. The molecule has 0 aliphatic heterocycles. The van der Waals surface area contributed by atoms with E-state index in [1.165, 1.54) is 20.1 Å². The maximum Gasteiger partial charge on any atom is 0.375 e. The van der Waals surface area contributed by atoms with Crippen molar-refractivity contribution in [1.29, 1.82) is 5.26 Å². The van der Waals surface area contributed by atoms with Crippen molar-refractivity contribution >= 4 is 28.5 Å². The van der Waals surface area contributed by atoms with E-state index < -0.39 is 18.0 Å². The fourth-order valence-electron chi connectivity index (χ4n) is 2.73. The summed E-state index contributed by atoms with van der Waals surface area (Å²) in [7, 11) is 1.52. The number of carbonyl (C=O) groups excluding carboxylic acids is 2. The number of hydrogen-bond acceptors (Lipinski definition) is 6. The van der Waals surface area contributed by atoms with Crippen LogP contribution in [0.4, 0.5) is 5.69 Å². The number of furan rings is 1. The second-order valence-electron chi connectivity index (χ2n) is 6.07. The molecule has 1 atom stereocenters. The average molecular weight is 378 g/mol. The Hall–Kier alpha value is -3.63. The van der Waals surface area contributed by atoms with Gasteiger partial charge < -0.3 is 19.2 Å². The minimum absolute atomic E-state index is 0.00850. The van der Waals surface area contributed by atoms with Crippen molar-refractivity contribution in [3.8, 4) is 6.07 Å². The number of nitrogens with one attached hydrogen (secondary N) is 1. The fourth-order valence-corrected chi connectivity index (χ4v) is 2.73. The SMILES string of the molecule is COCc1c(C(=O)O[C@@H](C)C(=O)Nc2cccc(C#N)c2)oc2ccccc12. The van der Waals surface area contributed by atoms with Gasteiger partial charge in [0, 0.05) is 23.7 Å². The monoisotopic (exact) mass is 378 g/mol. The molecular formula is C21H18N2O5. The van der Waals surface area contributed by atoms with Crippen LogP contribution in [0, 0.1) is 11.3 Å². The molecule has 0 spiro atoms. The van der Waals surface area contributed by atoms with Crippen molar-refractivity contribution in [2.75, 3.05) is 12.4 Å². The first-order valence-corrected chi connectivity index (χ1v) is 8.55. The molecule has 0 unspecified atom stereocenters. The molecule has 1 aromatic heterocycles. The normalized spacial score (nSPS) is 11.6. The van der Waals surface area contributed by atoms with Gasteiger partial charge >= 0.3 is 5.97 Å². The maximum absolute atomic E-state index is 12.6. The van der Waals surface area contributed by atoms with E-state index in [0.717, 1.165) is 5.39 Å². The number of fused-ring (bicyclic) bond motifs is 1. The molecule has 142 valence electrons. The first kappa shape index (κ1) is 19.1. The third-order valence-electron chi connectivity index (χ3n) is 4.08. The van der Waals surface area contributed by atoms with Gasteiger partial charge in [0.2, 0.25) is 5.76 Å². The van der Waals surface area contributed by atoms with Crippen molar-refractivity contribution in [1.82, 2.24) is 0 Å². The van der Waals surface area contributed by atoms with Crippen molar-refractivity contribution in [3.05, 3.63) is 65.4 Å². The van der Waals surface area contributed by atoms with Gasteiger partial charge in [-0.05, 0) is 31.2 Å². The second kappa shape index (κ2) is 8.37. The zero-order valence-electron chi connectivity index (χ0n) is 15.4. The number of methoxy groups -OCH3 is 1. The zero-order chi connectivity index (χ0) is 20.1. The van der Waals surface area contributed by atoms with Crippen LogP contribution < -0.4 is 5.32 Å². The lowest BCUT2D eigenvalue weighted by Gasteiger charge is -2.13. The van der Waals surface area contributed by atoms with Gasteiger partial charge in [0.1, 0.15) is 5.58 Å². The molecule has 0 fully saturated rings. The van der Waals surface area contributed by atoms with Crippen molar-refractivity contribution in [2.24, 2.45) is 0 Å². The Balaban J connectivity index is 1.75. The van der Waals surface area contributed by atoms with Crippen LogP contribution in [-0.2, 0) is 20.9 Å². The zero-order valence-corrected chi connectivity index (χ0v) is 15.4. The molecule has 1 heterocycles. The molecule has 0 aliphatic rings. The number of benzene rings is 2. The van der Waals surface area contributed by atoms with Crippen LogP contribution in [-0.4, -0.2) is 25.1 Å². The third kappa shape index (κ3) is 4.03. The van der Waals surface area contributed by atoms with Gasteiger partial charge in [0.15, 0.2) is 6.10 Å². The molecule has 1 amide bonds. The highest BCUT2D eigenvalue weighted by Crippen LogP contribution is 2.27. The number of esters is 1. The Labute approximate surface area is 161 Å². The second-order valence-corrected chi connectivity index (χ2v) is 6.07. The lowest BCUT2D eigenvalue weighted by atomic mass is 10.1. The predicted molar refractivity (Wildman–Crippen MR) is 102 cm³/mol. The number of amides is 1. The molecular weight excluding hydrogens is 360 g/mol.